The fraction of sp³-hybridized carbons (Fsp3) is 0.263. The number of non-ortho nitro benzene ring substituents is 1. The van der Waals surface area contributed by atoms with Crippen molar-refractivity contribution >= 4 is 16.6 Å². The number of fused-ring (bicyclic) bond motifs is 1. The van der Waals surface area contributed by atoms with Crippen LogP contribution in [0.25, 0.3) is 22.2 Å². The van der Waals surface area contributed by atoms with Crippen LogP contribution in [0.2, 0.25) is 0 Å². The van der Waals surface area contributed by atoms with Gasteiger partial charge in [0.05, 0.1) is 23.1 Å². The molecule has 0 bridgehead atoms. The number of aromatic nitrogens is 1. The average Bonchev–Trinajstić information content (AvgIpc) is 3.27. The maximum atomic E-state index is 12.8. The van der Waals surface area contributed by atoms with Gasteiger partial charge in [-0.25, -0.2) is 0 Å². The molecule has 0 amide bonds. The number of nitrogens with zero attached hydrogens (tertiary/aromatic N) is 2. The second-order valence-electron chi connectivity index (χ2n) is 6.49. The van der Waals surface area contributed by atoms with Crippen LogP contribution in [0.1, 0.15) is 18.0 Å². The second kappa shape index (κ2) is 6.38. The van der Waals surface area contributed by atoms with E-state index in [1.165, 1.54) is 24.3 Å². The highest BCUT2D eigenvalue weighted by atomic mass is 19.4. The van der Waals surface area contributed by atoms with E-state index in [-0.39, 0.29) is 11.7 Å². The third-order valence-corrected chi connectivity index (χ3v) is 4.81. The molecule has 1 saturated heterocycles. The first-order chi connectivity index (χ1) is 12.8. The fourth-order valence-electron chi connectivity index (χ4n) is 3.51. The predicted octanol–water partition coefficient (Wildman–Crippen LogP) is 5.20. The van der Waals surface area contributed by atoms with E-state index in [2.05, 4.69) is 0 Å². The van der Waals surface area contributed by atoms with Crippen LogP contribution in [0, 0.1) is 10.1 Å². The highest BCUT2D eigenvalue weighted by Gasteiger charge is 2.30. The summed E-state index contributed by atoms with van der Waals surface area (Å²) in [5.41, 5.74) is 1.39. The summed E-state index contributed by atoms with van der Waals surface area (Å²) in [5.74, 6) is 0. The van der Waals surface area contributed by atoms with Gasteiger partial charge in [0.2, 0.25) is 0 Å². The standard InChI is InChI=1S/C19H15F3N2O3/c20-19(21,22)14-3-1-12(2-4-14)18-10-13-9-15(24(25)26)5-6-17(13)23(18)16-7-8-27-11-16/h1-6,9-10,16H,7-8,11H2/t16-/m0/s1. The number of nitro benzene ring substituents is 1. The van der Waals surface area contributed by atoms with E-state index in [0.29, 0.717) is 24.2 Å². The van der Waals surface area contributed by atoms with Gasteiger partial charge in [0, 0.05) is 35.3 Å². The van der Waals surface area contributed by atoms with E-state index >= 15 is 0 Å². The van der Waals surface area contributed by atoms with Crippen LogP contribution in [0.4, 0.5) is 18.9 Å². The molecule has 1 aromatic heterocycles. The number of alkyl halides is 3. The van der Waals surface area contributed by atoms with Gasteiger partial charge in [-0.05, 0) is 36.2 Å². The lowest BCUT2D eigenvalue weighted by atomic mass is 10.1. The predicted molar refractivity (Wildman–Crippen MR) is 93.5 cm³/mol. The second-order valence-corrected chi connectivity index (χ2v) is 6.49. The lowest BCUT2D eigenvalue weighted by molar-refractivity contribution is -0.384. The number of rotatable bonds is 3. The summed E-state index contributed by atoms with van der Waals surface area (Å²) in [4.78, 5) is 10.6. The quantitative estimate of drug-likeness (QED) is 0.467. The van der Waals surface area contributed by atoms with Crippen molar-refractivity contribution in [3.8, 4) is 11.3 Å². The van der Waals surface area contributed by atoms with Crippen LogP contribution in [0.15, 0.2) is 48.5 Å². The van der Waals surface area contributed by atoms with Crippen molar-refractivity contribution in [2.75, 3.05) is 13.2 Å². The molecule has 5 nitrogen and oxygen atoms in total. The van der Waals surface area contributed by atoms with Gasteiger partial charge in [-0.2, -0.15) is 13.2 Å². The molecule has 4 rings (SSSR count). The lowest BCUT2D eigenvalue weighted by Gasteiger charge is -2.17. The van der Waals surface area contributed by atoms with Crippen molar-refractivity contribution in [3.05, 3.63) is 64.2 Å². The van der Waals surface area contributed by atoms with Crippen molar-refractivity contribution in [3.63, 3.8) is 0 Å². The zero-order valence-corrected chi connectivity index (χ0v) is 14.1. The summed E-state index contributed by atoms with van der Waals surface area (Å²) < 4.78 is 46.0. The van der Waals surface area contributed by atoms with E-state index in [0.717, 1.165) is 29.8 Å². The van der Waals surface area contributed by atoms with Crippen LogP contribution in [0.5, 0.6) is 0 Å². The zero-order chi connectivity index (χ0) is 19.2. The summed E-state index contributed by atoms with van der Waals surface area (Å²) in [6, 6.07) is 11.4. The largest absolute Gasteiger partial charge is 0.416 e. The van der Waals surface area contributed by atoms with Crippen LogP contribution in [0.3, 0.4) is 0 Å². The summed E-state index contributed by atoms with van der Waals surface area (Å²) in [6.07, 6.45) is -3.63. The Kier molecular flexibility index (Phi) is 4.15. The first kappa shape index (κ1) is 17.5. The fourth-order valence-corrected chi connectivity index (χ4v) is 3.51. The van der Waals surface area contributed by atoms with Gasteiger partial charge < -0.3 is 9.30 Å². The van der Waals surface area contributed by atoms with Crippen molar-refractivity contribution in [2.24, 2.45) is 0 Å². The summed E-state index contributed by atoms with van der Waals surface area (Å²) >= 11 is 0. The molecule has 0 saturated carbocycles. The van der Waals surface area contributed by atoms with Crippen LogP contribution < -0.4 is 0 Å². The van der Waals surface area contributed by atoms with Crippen LogP contribution in [-0.2, 0) is 10.9 Å². The minimum atomic E-state index is -4.40. The van der Waals surface area contributed by atoms with Crippen molar-refractivity contribution in [2.45, 2.75) is 18.6 Å². The third-order valence-electron chi connectivity index (χ3n) is 4.81. The monoisotopic (exact) mass is 376 g/mol. The molecule has 0 unspecified atom stereocenters. The van der Waals surface area contributed by atoms with Crippen molar-refractivity contribution in [1.29, 1.82) is 0 Å². The molecule has 2 aromatic carbocycles. The Bertz CT molecular complexity index is 1000. The Morgan fingerprint density at radius 1 is 1.11 bits per heavy atom. The highest BCUT2D eigenvalue weighted by molar-refractivity contribution is 5.89. The normalized spacial score (nSPS) is 17.5. The van der Waals surface area contributed by atoms with Crippen LogP contribution >= 0.6 is 0 Å². The molecule has 2 heterocycles. The Labute approximate surface area is 152 Å². The van der Waals surface area contributed by atoms with Gasteiger partial charge in [-0.15, -0.1) is 0 Å². The minimum absolute atomic E-state index is 0.0266. The molecule has 1 aliphatic heterocycles. The van der Waals surface area contributed by atoms with E-state index in [1.807, 2.05) is 4.57 Å². The van der Waals surface area contributed by atoms with Gasteiger partial charge in [-0.3, -0.25) is 10.1 Å². The molecule has 0 radical (unpaired) electrons. The molecule has 3 aromatic rings. The SMILES string of the molecule is O=[N+]([O-])c1ccc2c(c1)cc(-c1ccc(C(F)(F)F)cc1)n2[C@H]1CCOC1. The van der Waals surface area contributed by atoms with Gasteiger partial charge in [0.15, 0.2) is 0 Å². The number of benzene rings is 2. The third kappa shape index (κ3) is 3.16. The number of nitro groups is 1. The molecule has 8 heteroatoms. The van der Waals surface area contributed by atoms with E-state index in [4.69, 9.17) is 4.74 Å². The number of ether oxygens (including phenoxy) is 1. The summed E-state index contributed by atoms with van der Waals surface area (Å²) in [7, 11) is 0. The van der Waals surface area contributed by atoms with E-state index in [1.54, 1.807) is 12.1 Å². The first-order valence-electron chi connectivity index (χ1n) is 8.39. The molecule has 0 N–H and O–H groups in total. The van der Waals surface area contributed by atoms with E-state index in [9.17, 15) is 23.3 Å². The van der Waals surface area contributed by atoms with Crippen LogP contribution in [-0.4, -0.2) is 22.7 Å². The minimum Gasteiger partial charge on any atom is -0.379 e. The molecule has 27 heavy (non-hydrogen) atoms. The van der Waals surface area contributed by atoms with Crippen molar-refractivity contribution in [1.82, 2.24) is 4.57 Å². The molecule has 140 valence electrons. The van der Waals surface area contributed by atoms with Gasteiger partial charge in [0.25, 0.3) is 5.69 Å². The average molecular weight is 376 g/mol. The summed E-state index contributed by atoms with van der Waals surface area (Å²) in [6.45, 7) is 1.10. The molecule has 1 aliphatic rings. The molecule has 0 aliphatic carbocycles. The molecule has 0 spiro atoms. The van der Waals surface area contributed by atoms with Crippen molar-refractivity contribution < 1.29 is 22.8 Å². The highest BCUT2D eigenvalue weighted by Crippen LogP contribution is 2.37. The number of hydrogen-bond acceptors (Lipinski definition) is 3. The van der Waals surface area contributed by atoms with Gasteiger partial charge in [-0.1, -0.05) is 12.1 Å². The molecule has 1 fully saturated rings. The maximum Gasteiger partial charge on any atom is 0.416 e. The smallest absolute Gasteiger partial charge is 0.379 e. The van der Waals surface area contributed by atoms with Gasteiger partial charge >= 0.3 is 6.18 Å². The molecular weight excluding hydrogens is 361 g/mol. The van der Waals surface area contributed by atoms with Gasteiger partial charge in [0.1, 0.15) is 0 Å². The zero-order valence-electron chi connectivity index (χ0n) is 14.1. The summed E-state index contributed by atoms with van der Waals surface area (Å²) in [5, 5.41) is 11.7. The number of halogens is 3. The Balaban J connectivity index is 1.87. The topological polar surface area (TPSA) is 57.3 Å². The Morgan fingerprint density at radius 2 is 1.85 bits per heavy atom. The molecular formula is C19H15F3N2O3. The number of hydrogen-bond donors (Lipinski definition) is 0. The lowest BCUT2D eigenvalue weighted by Crippen LogP contribution is -2.10. The van der Waals surface area contributed by atoms with E-state index < -0.39 is 16.7 Å². The maximum absolute atomic E-state index is 12.8. The molecule has 1 atom stereocenters. The first-order valence-corrected chi connectivity index (χ1v) is 8.39. The Hall–Kier alpha value is -2.87. The Morgan fingerprint density at radius 3 is 2.44 bits per heavy atom.